The number of hydrogen-bond donors (Lipinski definition) is 1. The Morgan fingerprint density at radius 3 is 2.60 bits per heavy atom. The standard InChI is InChI=1S/C14H11NO5/c1-20-13-6-5-10(14(16)17)8-12(13)9-3-2-4-11(7-9)15(18)19/h2-8H,1H3,(H,16,17). The number of benzene rings is 2. The number of nitro benzene ring substituents is 1. The number of methoxy groups -OCH3 is 1. The van der Waals surface area contributed by atoms with Crippen LogP contribution in [0, 0.1) is 10.1 Å². The van der Waals surface area contributed by atoms with Crippen LogP contribution < -0.4 is 4.74 Å². The molecule has 6 heteroatoms. The first-order valence-electron chi connectivity index (χ1n) is 5.69. The Morgan fingerprint density at radius 2 is 2.00 bits per heavy atom. The number of carboxylic acid groups (broad SMARTS) is 1. The van der Waals surface area contributed by atoms with Gasteiger partial charge in [0.15, 0.2) is 0 Å². The lowest BCUT2D eigenvalue weighted by Gasteiger charge is -2.09. The number of hydrogen-bond acceptors (Lipinski definition) is 4. The molecule has 0 aliphatic carbocycles. The van der Waals surface area contributed by atoms with Crippen molar-refractivity contribution in [3.63, 3.8) is 0 Å². The molecule has 2 aromatic rings. The van der Waals surface area contributed by atoms with Crippen molar-refractivity contribution in [1.82, 2.24) is 0 Å². The van der Waals surface area contributed by atoms with Gasteiger partial charge in [-0.1, -0.05) is 12.1 Å². The third kappa shape index (κ3) is 2.59. The first-order chi connectivity index (χ1) is 9.52. The molecule has 2 rings (SSSR count). The van der Waals surface area contributed by atoms with Gasteiger partial charge >= 0.3 is 5.97 Å². The van der Waals surface area contributed by atoms with E-state index in [0.717, 1.165) is 0 Å². The molecule has 1 N–H and O–H groups in total. The quantitative estimate of drug-likeness (QED) is 0.683. The summed E-state index contributed by atoms with van der Waals surface area (Å²) in [5.41, 5.74) is 1.05. The summed E-state index contributed by atoms with van der Waals surface area (Å²) in [6, 6.07) is 10.3. The first kappa shape index (κ1) is 13.5. The van der Waals surface area contributed by atoms with Crippen LogP contribution in [0.4, 0.5) is 5.69 Å². The zero-order chi connectivity index (χ0) is 14.7. The molecule has 20 heavy (non-hydrogen) atoms. The van der Waals surface area contributed by atoms with Gasteiger partial charge in [-0.05, 0) is 23.8 Å². The monoisotopic (exact) mass is 273 g/mol. The molecule has 0 unspecified atom stereocenters. The van der Waals surface area contributed by atoms with Gasteiger partial charge in [0, 0.05) is 17.7 Å². The number of nitro groups is 1. The van der Waals surface area contributed by atoms with E-state index in [1.165, 1.54) is 37.4 Å². The zero-order valence-corrected chi connectivity index (χ0v) is 10.6. The maximum absolute atomic E-state index is 11.0. The van der Waals surface area contributed by atoms with Crippen molar-refractivity contribution in [3.8, 4) is 16.9 Å². The molecule has 0 bridgehead atoms. The molecule has 0 spiro atoms. The molecule has 0 aliphatic rings. The van der Waals surface area contributed by atoms with E-state index in [0.29, 0.717) is 16.9 Å². The molecular formula is C14H11NO5. The Bertz CT molecular complexity index is 681. The molecule has 0 radical (unpaired) electrons. The highest BCUT2D eigenvalue weighted by atomic mass is 16.6. The fourth-order valence-corrected chi connectivity index (χ4v) is 1.85. The van der Waals surface area contributed by atoms with Crippen molar-refractivity contribution < 1.29 is 19.6 Å². The van der Waals surface area contributed by atoms with Crippen LogP contribution in [0.2, 0.25) is 0 Å². The molecule has 0 saturated carbocycles. The van der Waals surface area contributed by atoms with Crippen LogP contribution in [0.3, 0.4) is 0 Å². The molecule has 0 aromatic heterocycles. The van der Waals surface area contributed by atoms with E-state index in [9.17, 15) is 14.9 Å². The minimum absolute atomic E-state index is 0.0646. The summed E-state index contributed by atoms with van der Waals surface area (Å²) in [6.07, 6.45) is 0. The molecule has 0 atom stereocenters. The van der Waals surface area contributed by atoms with Crippen molar-refractivity contribution in [2.75, 3.05) is 7.11 Å². The van der Waals surface area contributed by atoms with Crippen molar-refractivity contribution in [2.24, 2.45) is 0 Å². The highest BCUT2D eigenvalue weighted by Crippen LogP contribution is 2.32. The third-order valence-electron chi connectivity index (χ3n) is 2.81. The average molecular weight is 273 g/mol. The Morgan fingerprint density at radius 1 is 1.25 bits per heavy atom. The summed E-state index contributed by atoms with van der Waals surface area (Å²) in [6.45, 7) is 0. The van der Waals surface area contributed by atoms with E-state index >= 15 is 0 Å². The summed E-state index contributed by atoms with van der Waals surface area (Å²) >= 11 is 0. The van der Waals surface area contributed by atoms with Gasteiger partial charge in [-0.25, -0.2) is 4.79 Å². The Balaban J connectivity index is 2.60. The second kappa shape index (κ2) is 5.40. The number of non-ortho nitro benzene ring substituents is 1. The van der Waals surface area contributed by atoms with Crippen LogP contribution in [0.5, 0.6) is 5.75 Å². The van der Waals surface area contributed by atoms with Crippen molar-refractivity contribution in [1.29, 1.82) is 0 Å². The Labute approximate surface area is 114 Å². The Hall–Kier alpha value is -2.89. The lowest BCUT2D eigenvalue weighted by atomic mass is 10.0. The van der Waals surface area contributed by atoms with E-state index in [2.05, 4.69) is 0 Å². The number of carbonyl (C=O) groups is 1. The molecule has 0 aliphatic heterocycles. The van der Waals surface area contributed by atoms with Crippen molar-refractivity contribution in [2.45, 2.75) is 0 Å². The molecule has 6 nitrogen and oxygen atoms in total. The summed E-state index contributed by atoms with van der Waals surface area (Å²) in [5.74, 6) is -0.616. The lowest BCUT2D eigenvalue weighted by Crippen LogP contribution is -1.98. The molecule has 0 amide bonds. The number of rotatable bonds is 4. The van der Waals surface area contributed by atoms with Crippen LogP contribution in [0.1, 0.15) is 10.4 Å². The second-order valence-corrected chi connectivity index (χ2v) is 4.03. The maximum atomic E-state index is 11.0. The van der Waals surface area contributed by atoms with Gasteiger partial charge in [-0.3, -0.25) is 10.1 Å². The van der Waals surface area contributed by atoms with E-state index < -0.39 is 10.9 Å². The molecule has 0 heterocycles. The summed E-state index contributed by atoms with van der Waals surface area (Å²) in [4.78, 5) is 21.3. The largest absolute Gasteiger partial charge is 0.496 e. The zero-order valence-electron chi connectivity index (χ0n) is 10.6. The number of nitrogens with zero attached hydrogens (tertiary/aromatic N) is 1. The normalized spacial score (nSPS) is 10.1. The minimum atomic E-state index is -1.07. The summed E-state index contributed by atoms with van der Waals surface area (Å²) < 4.78 is 5.17. The van der Waals surface area contributed by atoms with Crippen LogP contribution >= 0.6 is 0 Å². The van der Waals surface area contributed by atoms with E-state index in [1.807, 2.05) is 0 Å². The van der Waals surface area contributed by atoms with Gasteiger partial charge in [0.25, 0.3) is 5.69 Å². The van der Waals surface area contributed by atoms with Gasteiger partial charge in [0.05, 0.1) is 17.6 Å². The van der Waals surface area contributed by atoms with Gasteiger partial charge in [-0.15, -0.1) is 0 Å². The molecule has 2 aromatic carbocycles. The highest BCUT2D eigenvalue weighted by Gasteiger charge is 2.13. The van der Waals surface area contributed by atoms with E-state index in [1.54, 1.807) is 12.1 Å². The lowest BCUT2D eigenvalue weighted by molar-refractivity contribution is -0.384. The third-order valence-corrected chi connectivity index (χ3v) is 2.81. The number of carboxylic acids is 1. The first-order valence-corrected chi connectivity index (χ1v) is 5.69. The fourth-order valence-electron chi connectivity index (χ4n) is 1.85. The Kier molecular flexibility index (Phi) is 3.65. The number of aromatic carboxylic acids is 1. The molecular weight excluding hydrogens is 262 g/mol. The average Bonchev–Trinajstić information content (AvgIpc) is 2.46. The van der Waals surface area contributed by atoms with E-state index in [-0.39, 0.29) is 11.3 Å². The predicted octanol–water partition coefficient (Wildman–Crippen LogP) is 2.97. The minimum Gasteiger partial charge on any atom is -0.496 e. The number of ether oxygens (including phenoxy) is 1. The van der Waals surface area contributed by atoms with Gasteiger partial charge in [0.2, 0.25) is 0 Å². The highest BCUT2D eigenvalue weighted by molar-refractivity contribution is 5.90. The SMILES string of the molecule is COc1ccc(C(=O)O)cc1-c1cccc([N+](=O)[O-])c1. The fraction of sp³-hybridized carbons (Fsp3) is 0.0714. The molecule has 0 saturated heterocycles. The molecule has 0 fully saturated rings. The smallest absolute Gasteiger partial charge is 0.335 e. The van der Waals surface area contributed by atoms with Crippen LogP contribution in [0.15, 0.2) is 42.5 Å². The maximum Gasteiger partial charge on any atom is 0.335 e. The van der Waals surface area contributed by atoms with Crippen molar-refractivity contribution >= 4 is 11.7 Å². The second-order valence-electron chi connectivity index (χ2n) is 4.03. The summed E-state index contributed by atoms with van der Waals surface area (Å²) in [5, 5.41) is 19.8. The van der Waals surface area contributed by atoms with Gasteiger partial charge in [0.1, 0.15) is 5.75 Å². The topological polar surface area (TPSA) is 89.7 Å². The van der Waals surface area contributed by atoms with Gasteiger partial charge < -0.3 is 9.84 Å². The van der Waals surface area contributed by atoms with Crippen molar-refractivity contribution in [3.05, 3.63) is 58.1 Å². The predicted molar refractivity (Wildman–Crippen MR) is 72.0 cm³/mol. The summed E-state index contributed by atoms with van der Waals surface area (Å²) in [7, 11) is 1.45. The van der Waals surface area contributed by atoms with Crippen LogP contribution in [-0.4, -0.2) is 23.1 Å². The van der Waals surface area contributed by atoms with Crippen LogP contribution in [0.25, 0.3) is 11.1 Å². The van der Waals surface area contributed by atoms with Gasteiger partial charge in [-0.2, -0.15) is 0 Å². The van der Waals surface area contributed by atoms with E-state index in [4.69, 9.17) is 9.84 Å². The molecule has 102 valence electrons. The van der Waals surface area contributed by atoms with Crippen LogP contribution in [-0.2, 0) is 0 Å².